The summed E-state index contributed by atoms with van der Waals surface area (Å²) in [5.41, 5.74) is 9.20. The van der Waals surface area contributed by atoms with Crippen LogP contribution >= 0.6 is 0 Å². The maximum Gasteiger partial charge on any atom is 0.352 e. The molecule has 0 aromatic heterocycles. The molecular weight excluding hydrogens is 447 g/mol. The summed E-state index contributed by atoms with van der Waals surface area (Å²) in [6.07, 6.45) is -1.05. The van der Waals surface area contributed by atoms with Crippen LogP contribution in [0, 0.1) is 17.1 Å². The largest absolute Gasteiger partial charge is 0.476 e. The Kier molecular flexibility index (Phi) is 6.74. The van der Waals surface area contributed by atoms with Crippen molar-refractivity contribution in [1.82, 2.24) is 0 Å². The maximum absolute atomic E-state index is 13.8. The molecule has 6 nitrogen and oxygen atoms in total. The summed E-state index contributed by atoms with van der Waals surface area (Å²) in [7, 11) is 0. The van der Waals surface area contributed by atoms with Gasteiger partial charge in [0.2, 0.25) is 5.88 Å². The van der Waals surface area contributed by atoms with Crippen molar-refractivity contribution < 1.29 is 23.4 Å². The van der Waals surface area contributed by atoms with Crippen molar-refractivity contribution in [2.24, 2.45) is 5.73 Å². The van der Waals surface area contributed by atoms with Gasteiger partial charge in [-0.25, -0.2) is 9.18 Å². The minimum Gasteiger partial charge on any atom is -0.476 e. The number of nitriles is 1. The third-order valence-corrected chi connectivity index (χ3v) is 5.82. The number of para-hydroxylation sites is 1. The molecule has 2 atom stereocenters. The number of rotatable bonds is 6. The van der Waals surface area contributed by atoms with E-state index >= 15 is 0 Å². The highest BCUT2D eigenvalue weighted by Gasteiger charge is 2.31. The van der Waals surface area contributed by atoms with Crippen LogP contribution in [0.15, 0.2) is 78.2 Å². The van der Waals surface area contributed by atoms with Crippen LogP contribution < -0.4 is 19.9 Å². The number of hydrogen-bond donors (Lipinski definition) is 1. The van der Waals surface area contributed by atoms with E-state index in [1.807, 2.05) is 24.3 Å². The van der Waals surface area contributed by atoms with Gasteiger partial charge < -0.3 is 19.9 Å². The van der Waals surface area contributed by atoms with Crippen LogP contribution in [-0.4, -0.2) is 12.1 Å². The second-order valence-electron chi connectivity index (χ2n) is 8.56. The summed E-state index contributed by atoms with van der Waals surface area (Å²) in [4.78, 5) is 12.5. The van der Waals surface area contributed by atoms with Gasteiger partial charge in [-0.05, 0) is 42.2 Å². The molecule has 0 amide bonds. The number of carbonyl (C=O) groups excluding carboxylic acids is 1. The molecule has 0 radical (unpaired) electrons. The molecule has 178 valence electrons. The van der Waals surface area contributed by atoms with Gasteiger partial charge in [-0.15, -0.1) is 0 Å². The molecule has 2 unspecified atom stereocenters. The molecule has 3 aromatic carbocycles. The number of carbonyl (C=O) groups is 1. The smallest absolute Gasteiger partial charge is 0.352 e. The summed E-state index contributed by atoms with van der Waals surface area (Å²) in [5, 5.41) is 9.76. The Bertz CT molecular complexity index is 1330. The van der Waals surface area contributed by atoms with Crippen molar-refractivity contribution in [1.29, 1.82) is 5.26 Å². The molecule has 1 aliphatic heterocycles. The lowest BCUT2D eigenvalue weighted by molar-refractivity contribution is -0.141. The first-order valence-electron chi connectivity index (χ1n) is 11.2. The Morgan fingerprint density at radius 2 is 1.80 bits per heavy atom. The third-order valence-electron chi connectivity index (χ3n) is 5.82. The van der Waals surface area contributed by atoms with Gasteiger partial charge in [0.1, 0.15) is 23.1 Å². The van der Waals surface area contributed by atoms with E-state index in [2.05, 4.69) is 19.9 Å². The number of allylic oxidation sites excluding steroid dienone is 1. The van der Waals surface area contributed by atoms with Crippen molar-refractivity contribution in [2.75, 3.05) is 0 Å². The first kappa shape index (κ1) is 23.8. The lowest BCUT2D eigenvalue weighted by Gasteiger charge is -2.27. The summed E-state index contributed by atoms with van der Waals surface area (Å²) >= 11 is 0. The van der Waals surface area contributed by atoms with Crippen LogP contribution in [0.3, 0.4) is 0 Å². The quantitative estimate of drug-likeness (QED) is 0.374. The number of ether oxygens (including phenoxy) is 3. The van der Waals surface area contributed by atoms with Crippen LogP contribution in [0.1, 0.15) is 49.3 Å². The van der Waals surface area contributed by atoms with Gasteiger partial charge in [-0.2, -0.15) is 5.26 Å². The zero-order valence-electron chi connectivity index (χ0n) is 19.6. The van der Waals surface area contributed by atoms with Gasteiger partial charge in [0, 0.05) is 11.6 Å². The van der Waals surface area contributed by atoms with Gasteiger partial charge in [0.05, 0.1) is 5.92 Å². The monoisotopic (exact) mass is 472 g/mol. The second-order valence-corrected chi connectivity index (χ2v) is 8.56. The van der Waals surface area contributed by atoms with Crippen LogP contribution in [-0.2, 0) is 4.79 Å². The minimum atomic E-state index is -1.05. The minimum absolute atomic E-state index is 0.00216. The topological polar surface area (TPSA) is 94.6 Å². The fourth-order valence-electron chi connectivity index (χ4n) is 3.89. The van der Waals surface area contributed by atoms with Gasteiger partial charge in [0.15, 0.2) is 17.7 Å². The molecule has 4 rings (SSSR count). The van der Waals surface area contributed by atoms with Crippen LogP contribution in [0.2, 0.25) is 0 Å². The number of esters is 1. The van der Waals surface area contributed by atoms with Gasteiger partial charge in [-0.3, -0.25) is 0 Å². The fourth-order valence-corrected chi connectivity index (χ4v) is 3.89. The molecule has 1 heterocycles. The molecule has 7 heteroatoms. The maximum atomic E-state index is 13.8. The highest BCUT2D eigenvalue weighted by Crippen LogP contribution is 2.43. The lowest BCUT2D eigenvalue weighted by atomic mass is 9.83. The molecule has 0 aliphatic carbocycles. The van der Waals surface area contributed by atoms with Crippen LogP contribution in [0.5, 0.6) is 17.2 Å². The van der Waals surface area contributed by atoms with Crippen molar-refractivity contribution in [3.63, 3.8) is 0 Å². The van der Waals surface area contributed by atoms with Crippen LogP contribution in [0.4, 0.5) is 4.39 Å². The highest BCUT2D eigenvalue weighted by atomic mass is 19.1. The van der Waals surface area contributed by atoms with Gasteiger partial charge in [-0.1, -0.05) is 56.3 Å². The summed E-state index contributed by atoms with van der Waals surface area (Å²) in [5.74, 6) is -0.769. The fraction of sp³-hybridized carbons (Fsp3) is 0.214. The van der Waals surface area contributed by atoms with Crippen LogP contribution in [0.25, 0.3) is 0 Å². The van der Waals surface area contributed by atoms with Crippen molar-refractivity contribution in [3.8, 4) is 23.3 Å². The highest BCUT2D eigenvalue weighted by molar-refractivity contribution is 5.77. The number of fused-ring (bicyclic) bond motifs is 1. The number of halogens is 1. The van der Waals surface area contributed by atoms with E-state index in [1.165, 1.54) is 30.7 Å². The normalized spacial score (nSPS) is 15.6. The van der Waals surface area contributed by atoms with Crippen molar-refractivity contribution >= 4 is 5.97 Å². The molecule has 3 aromatic rings. The predicted octanol–water partition coefficient (Wildman–Crippen LogP) is 5.54. The zero-order valence-corrected chi connectivity index (χ0v) is 19.6. The molecule has 0 bridgehead atoms. The first-order chi connectivity index (χ1) is 16.8. The van der Waals surface area contributed by atoms with Crippen molar-refractivity contribution in [2.45, 2.75) is 38.7 Å². The van der Waals surface area contributed by atoms with E-state index in [1.54, 1.807) is 24.3 Å². The molecule has 0 saturated carbocycles. The molecule has 1 aliphatic rings. The van der Waals surface area contributed by atoms with E-state index in [0.29, 0.717) is 17.2 Å². The SMILES string of the molecule is CC(Oc1ccccc1F)C(=O)Oc1ccc2c(c1)OC(N)=C(C#N)C2c1ccc(C(C)C)cc1. The average Bonchev–Trinajstić information content (AvgIpc) is 2.84. The number of hydrogen-bond acceptors (Lipinski definition) is 6. The molecule has 0 saturated heterocycles. The zero-order chi connectivity index (χ0) is 25.1. The van der Waals surface area contributed by atoms with E-state index in [9.17, 15) is 14.4 Å². The van der Waals surface area contributed by atoms with Gasteiger partial charge in [0.25, 0.3) is 0 Å². The Labute approximate surface area is 203 Å². The summed E-state index contributed by atoms with van der Waals surface area (Å²) in [6.45, 7) is 5.70. The molecule has 2 N–H and O–H groups in total. The van der Waals surface area contributed by atoms with Crippen molar-refractivity contribution in [3.05, 3.63) is 101 Å². The predicted molar refractivity (Wildman–Crippen MR) is 128 cm³/mol. The van der Waals surface area contributed by atoms with E-state index in [4.69, 9.17) is 19.9 Å². The Balaban J connectivity index is 1.58. The average molecular weight is 473 g/mol. The number of nitrogens with two attached hydrogens (primary N) is 1. The Morgan fingerprint density at radius 3 is 2.46 bits per heavy atom. The molecule has 35 heavy (non-hydrogen) atoms. The van der Waals surface area contributed by atoms with E-state index in [-0.39, 0.29) is 17.4 Å². The number of nitrogens with zero attached hydrogens (tertiary/aromatic N) is 1. The lowest BCUT2D eigenvalue weighted by Crippen LogP contribution is -2.29. The van der Waals surface area contributed by atoms with E-state index < -0.39 is 23.8 Å². The molecule has 0 fully saturated rings. The third kappa shape index (κ3) is 4.97. The molecular formula is C28H25FN2O4. The number of benzene rings is 3. The Hall–Kier alpha value is -4.31. The second kappa shape index (κ2) is 9.90. The Morgan fingerprint density at radius 1 is 1.09 bits per heavy atom. The standard InChI is InChI=1S/C28H25FN2O4/c1-16(2)18-8-10-19(11-9-18)26-21-13-12-20(14-25(21)35-27(31)22(26)15-30)34-28(32)17(3)33-24-7-5-4-6-23(24)29/h4-14,16-17,26H,31H2,1-3H3. The molecule has 0 spiro atoms. The van der Waals surface area contributed by atoms with E-state index in [0.717, 1.165) is 11.1 Å². The summed E-state index contributed by atoms with van der Waals surface area (Å²) < 4.78 is 30.4. The first-order valence-corrected chi connectivity index (χ1v) is 11.2. The van der Waals surface area contributed by atoms with Gasteiger partial charge >= 0.3 is 5.97 Å². The summed E-state index contributed by atoms with van der Waals surface area (Å²) in [6, 6.07) is 20.9.